The van der Waals surface area contributed by atoms with Gasteiger partial charge >= 0.3 is 12.0 Å². The highest BCUT2D eigenvalue weighted by Crippen LogP contribution is 2.19. The Morgan fingerprint density at radius 3 is 2.70 bits per heavy atom. The largest absolute Gasteiger partial charge is 0.468 e. The highest BCUT2D eigenvalue weighted by molar-refractivity contribution is 5.84. The van der Waals surface area contributed by atoms with Crippen LogP contribution < -0.4 is 11.1 Å². The summed E-state index contributed by atoms with van der Waals surface area (Å²) >= 11 is 0. The molecule has 7 nitrogen and oxygen atoms in total. The monoisotopic (exact) mass is 274 g/mol. The standard InChI is InChI=1S/C13H14N4O3/c1-20-12(18)8-15-13(19)17-11(14)7-10(16-17)9-5-3-2-4-6-9/h2-7H,8,14H2,1H3,(H,15,19). The second kappa shape index (κ2) is 5.87. The van der Waals surface area contributed by atoms with E-state index in [4.69, 9.17) is 5.73 Å². The molecule has 0 spiro atoms. The number of nitrogen functional groups attached to an aromatic ring is 1. The maximum Gasteiger partial charge on any atom is 0.344 e. The molecular formula is C13H14N4O3. The summed E-state index contributed by atoms with van der Waals surface area (Å²) < 4.78 is 5.43. The van der Waals surface area contributed by atoms with Gasteiger partial charge in [-0.3, -0.25) is 4.79 Å². The summed E-state index contributed by atoms with van der Waals surface area (Å²) in [6.07, 6.45) is 0. The Hall–Kier alpha value is -2.83. The van der Waals surface area contributed by atoms with Gasteiger partial charge in [-0.1, -0.05) is 30.3 Å². The molecule has 0 saturated carbocycles. The van der Waals surface area contributed by atoms with Crippen molar-refractivity contribution in [1.82, 2.24) is 15.1 Å². The van der Waals surface area contributed by atoms with Crippen molar-refractivity contribution in [3.05, 3.63) is 36.4 Å². The van der Waals surface area contributed by atoms with Crippen molar-refractivity contribution in [2.45, 2.75) is 0 Å². The number of carbonyl (C=O) groups excluding carboxylic acids is 2. The van der Waals surface area contributed by atoms with Gasteiger partial charge in [-0.25, -0.2) is 4.79 Å². The van der Waals surface area contributed by atoms with E-state index in [0.717, 1.165) is 10.2 Å². The molecule has 0 bridgehead atoms. The first-order chi connectivity index (χ1) is 9.61. The molecule has 0 unspecified atom stereocenters. The predicted octanol–water partition coefficient (Wildman–Crippen LogP) is 0.863. The molecule has 0 aliphatic carbocycles. The van der Waals surface area contributed by atoms with Crippen LogP contribution in [0.4, 0.5) is 10.6 Å². The molecule has 0 aliphatic heterocycles. The van der Waals surface area contributed by atoms with Crippen LogP contribution in [0.1, 0.15) is 0 Å². The zero-order chi connectivity index (χ0) is 14.5. The Labute approximate surface area is 115 Å². The fourth-order valence-electron chi connectivity index (χ4n) is 1.60. The summed E-state index contributed by atoms with van der Waals surface area (Å²) in [5.74, 6) is -0.362. The SMILES string of the molecule is COC(=O)CNC(=O)n1nc(-c2ccccc2)cc1N. The molecule has 0 saturated heterocycles. The number of hydrogen-bond donors (Lipinski definition) is 2. The van der Waals surface area contributed by atoms with Crippen LogP contribution in [0.2, 0.25) is 0 Å². The topological polar surface area (TPSA) is 99.2 Å². The molecule has 1 aromatic carbocycles. The van der Waals surface area contributed by atoms with E-state index in [9.17, 15) is 9.59 Å². The fraction of sp³-hybridized carbons (Fsp3) is 0.154. The van der Waals surface area contributed by atoms with Gasteiger partial charge in [0.15, 0.2) is 0 Å². The number of esters is 1. The van der Waals surface area contributed by atoms with E-state index in [1.807, 2.05) is 30.3 Å². The number of ether oxygens (including phenoxy) is 1. The van der Waals surface area contributed by atoms with Crippen LogP contribution in [0.3, 0.4) is 0 Å². The molecule has 1 amide bonds. The summed E-state index contributed by atoms with van der Waals surface area (Å²) in [5.41, 5.74) is 7.17. The van der Waals surface area contributed by atoms with Gasteiger partial charge in [0.2, 0.25) is 0 Å². The third-order valence-corrected chi connectivity index (χ3v) is 2.61. The Morgan fingerprint density at radius 2 is 2.05 bits per heavy atom. The number of amides is 1. The van der Waals surface area contributed by atoms with Crippen LogP contribution in [0.5, 0.6) is 0 Å². The third-order valence-electron chi connectivity index (χ3n) is 2.61. The normalized spacial score (nSPS) is 10.1. The van der Waals surface area contributed by atoms with E-state index < -0.39 is 12.0 Å². The zero-order valence-corrected chi connectivity index (χ0v) is 10.9. The molecule has 0 radical (unpaired) electrons. The second-order valence-corrected chi connectivity index (χ2v) is 3.97. The first-order valence-electron chi connectivity index (χ1n) is 5.88. The lowest BCUT2D eigenvalue weighted by molar-refractivity contribution is -0.139. The van der Waals surface area contributed by atoms with E-state index in [0.29, 0.717) is 5.69 Å². The number of nitrogens with zero attached hydrogens (tertiary/aromatic N) is 2. The molecular weight excluding hydrogens is 260 g/mol. The molecule has 1 heterocycles. The van der Waals surface area contributed by atoms with E-state index in [1.165, 1.54) is 7.11 Å². The van der Waals surface area contributed by atoms with Crippen molar-refractivity contribution in [2.75, 3.05) is 19.4 Å². The minimum absolute atomic E-state index is 0.186. The number of rotatable bonds is 3. The average Bonchev–Trinajstić information content (AvgIpc) is 2.87. The number of carbonyl (C=O) groups is 2. The van der Waals surface area contributed by atoms with Crippen molar-refractivity contribution < 1.29 is 14.3 Å². The summed E-state index contributed by atoms with van der Waals surface area (Å²) in [7, 11) is 1.24. The smallest absolute Gasteiger partial charge is 0.344 e. The Morgan fingerprint density at radius 1 is 1.35 bits per heavy atom. The highest BCUT2D eigenvalue weighted by Gasteiger charge is 2.14. The zero-order valence-electron chi connectivity index (χ0n) is 10.9. The number of methoxy groups -OCH3 is 1. The van der Waals surface area contributed by atoms with E-state index in [2.05, 4.69) is 15.2 Å². The Kier molecular flexibility index (Phi) is 3.99. The lowest BCUT2D eigenvalue weighted by Gasteiger charge is -2.04. The maximum atomic E-state index is 11.8. The van der Waals surface area contributed by atoms with E-state index >= 15 is 0 Å². The Bertz CT molecular complexity index is 622. The van der Waals surface area contributed by atoms with Gasteiger partial charge in [0.05, 0.1) is 12.8 Å². The molecule has 0 atom stereocenters. The summed E-state index contributed by atoms with van der Waals surface area (Å²) in [4.78, 5) is 22.8. The van der Waals surface area contributed by atoms with Gasteiger partial charge in [0.1, 0.15) is 12.4 Å². The number of nitrogens with one attached hydrogen (secondary N) is 1. The van der Waals surface area contributed by atoms with Gasteiger partial charge in [-0.05, 0) is 0 Å². The van der Waals surface area contributed by atoms with Crippen LogP contribution in [0.15, 0.2) is 36.4 Å². The van der Waals surface area contributed by atoms with Crippen LogP contribution in [-0.2, 0) is 9.53 Å². The second-order valence-electron chi connectivity index (χ2n) is 3.97. The highest BCUT2D eigenvalue weighted by atomic mass is 16.5. The molecule has 104 valence electrons. The number of benzene rings is 1. The van der Waals surface area contributed by atoms with E-state index in [1.54, 1.807) is 6.07 Å². The number of nitrogens with two attached hydrogens (primary N) is 1. The first-order valence-corrected chi connectivity index (χ1v) is 5.88. The molecule has 2 rings (SSSR count). The lowest BCUT2D eigenvalue weighted by atomic mass is 10.2. The van der Waals surface area contributed by atoms with Gasteiger partial charge < -0.3 is 15.8 Å². The van der Waals surface area contributed by atoms with Crippen LogP contribution >= 0.6 is 0 Å². The third kappa shape index (κ3) is 2.94. The van der Waals surface area contributed by atoms with Crippen molar-refractivity contribution in [2.24, 2.45) is 0 Å². The van der Waals surface area contributed by atoms with Crippen molar-refractivity contribution in [3.8, 4) is 11.3 Å². The minimum atomic E-state index is -0.588. The summed E-state index contributed by atoms with van der Waals surface area (Å²) in [6.45, 7) is -0.241. The van der Waals surface area contributed by atoms with Crippen LogP contribution in [0, 0.1) is 0 Å². The predicted molar refractivity (Wildman–Crippen MR) is 72.9 cm³/mol. The molecule has 2 aromatic rings. The number of aromatic nitrogens is 2. The average molecular weight is 274 g/mol. The van der Waals surface area contributed by atoms with Gasteiger partial charge in [-0.2, -0.15) is 9.78 Å². The molecule has 3 N–H and O–H groups in total. The molecule has 0 aliphatic rings. The number of hydrogen-bond acceptors (Lipinski definition) is 5. The Balaban J connectivity index is 2.15. The lowest BCUT2D eigenvalue weighted by Crippen LogP contribution is -2.34. The van der Waals surface area contributed by atoms with Crippen molar-refractivity contribution >= 4 is 17.8 Å². The van der Waals surface area contributed by atoms with Gasteiger partial charge in [0.25, 0.3) is 0 Å². The minimum Gasteiger partial charge on any atom is -0.468 e. The number of anilines is 1. The molecule has 1 aromatic heterocycles. The van der Waals surface area contributed by atoms with Gasteiger partial charge in [0, 0.05) is 11.6 Å². The first kappa shape index (κ1) is 13.6. The van der Waals surface area contributed by atoms with Crippen LogP contribution in [0.25, 0.3) is 11.3 Å². The van der Waals surface area contributed by atoms with Crippen LogP contribution in [-0.4, -0.2) is 35.4 Å². The van der Waals surface area contributed by atoms with Crippen molar-refractivity contribution in [3.63, 3.8) is 0 Å². The van der Waals surface area contributed by atoms with Gasteiger partial charge in [-0.15, -0.1) is 0 Å². The summed E-state index contributed by atoms with van der Waals surface area (Å²) in [6, 6.07) is 10.3. The maximum absolute atomic E-state index is 11.8. The molecule has 20 heavy (non-hydrogen) atoms. The quantitative estimate of drug-likeness (QED) is 0.809. The van der Waals surface area contributed by atoms with Crippen molar-refractivity contribution in [1.29, 1.82) is 0 Å². The van der Waals surface area contributed by atoms with E-state index in [-0.39, 0.29) is 12.4 Å². The summed E-state index contributed by atoms with van der Waals surface area (Å²) in [5, 5.41) is 6.47. The molecule has 7 heteroatoms. The molecule has 0 fully saturated rings. The fourth-order valence-corrected chi connectivity index (χ4v) is 1.60.